The minimum absolute atomic E-state index is 0.366. The molecule has 0 aliphatic heterocycles. The molecule has 0 saturated heterocycles. The predicted octanol–water partition coefficient (Wildman–Crippen LogP) is 2.39. The first-order chi connectivity index (χ1) is 6.29. The van der Waals surface area contributed by atoms with Gasteiger partial charge in [0.15, 0.2) is 0 Å². The van der Waals surface area contributed by atoms with E-state index in [2.05, 4.69) is 9.72 Å². The van der Waals surface area contributed by atoms with Gasteiger partial charge < -0.3 is 4.74 Å². The molecule has 0 bridgehead atoms. The summed E-state index contributed by atoms with van der Waals surface area (Å²) >= 11 is 4.99. The first-order valence-corrected chi connectivity index (χ1v) is 4.38. The third-order valence-corrected chi connectivity index (χ3v) is 1.68. The van der Waals surface area contributed by atoms with Gasteiger partial charge in [-0.25, -0.2) is 4.79 Å². The largest absolute Gasteiger partial charge is 0.454 e. The maximum Gasteiger partial charge on any atom is 0.403 e. The van der Waals surface area contributed by atoms with Crippen LogP contribution in [0.5, 0.6) is 0 Å². The van der Waals surface area contributed by atoms with Crippen LogP contribution >= 0.6 is 11.6 Å². The zero-order valence-corrected chi connectivity index (χ0v) is 7.83. The first-order valence-electron chi connectivity index (χ1n) is 4.00. The van der Waals surface area contributed by atoms with E-state index in [0.717, 1.165) is 12.8 Å². The van der Waals surface area contributed by atoms with Crippen molar-refractivity contribution >= 4 is 17.0 Å². The molecule has 0 atom stereocenters. The molecule has 0 unspecified atom stereocenters. The Balaban J connectivity index is 2.17. The number of carbonyl (C=O) groups excluding carboxylic acids is 1. The average Bonchev–Trinajstić information content (AvgIpc) is 2.14. The van der Waals surface area contributed by atoms with E-state index in [1.807, 2.05) is 12.1 Å². The van der Waals surface area contributed by atoms with E-state index in [1.165, 1.54) is 5.56 Å². The van der Waals surface area contributed by atoms with E-state index in [-0.39, 0.29) is 0 Å². The maximum atomic E-state index is 10.2. The van der Waals surface area contributed by atoms with Crippen molar-refractivity contribution in [2.24, 2.45) is 0 Å². The zero-order chi connectivity index (χ0) is 9.52. The maximum absolute atomic E-state index is 10.2. The quantitative estimate of drug-likeness (QED) is 0.552. The molecule has 70 valence electrons. The zero-order valence-electron chi connectivity index (χ0n) is 7.07. The lowest BCUT2D eigenvalue weighted by molar-refractivity contribution is 0.172. The minimum Gasteiger partial charge on any atom is -0.454 e. The Labute approximate surface area is 81.7 Å². The highest BCUT2D eigenvalue weighted by molar-refractivity contribution is 6.61. The molecule has 0 spiro atoms. The van der Waals surface area contributed by atoms with Crippen LogP contribution in [-0.2, 0) is 11.2 Å². The second kappa shape index (κ2) is 5.54. The van der Waals surface area contributed by atoms with Gasteiger partial charge in [-0.1, -0.05) is 0 Å². The van der Waals surface area contributed by atoms with E-state index in [9.17, 15) is 4.79 Å². The van der Waals surface area contributed by atoms with E-state index in [0.29, 0.717) is 6.61 Å². The molecule has 0 aliphatic carbocycles. The molecule has 0 amide bonds. The number of aryl methyl sites for hydroxylation is 1. The summed E-state index contributed by atoms with van der Waals surface area (Å²) in [6.07, 6.45) is 5.13. The van der Waals surface area contributed by atoms with E-state index in [4.69, 9.17) is 11.6 Å². The SMILES string of the molecule is O=C(Cl)OCCCc1ccncc1. The number of carbonyl (C=O) groups is 1. The highest BCUT2D eigenvalue weighted by Gasteiger charge is 1.95. The summed E-state index contributed by atoms with van der Waals surface area (Å²) in [7, 11) is 0. The van der Waals surface area contributed by atoms with Crippen molar-refractivity contribution in [1.82, 2.24) is 4.98 Å². The van der Waals surface area contributed by atoms with Crippen LogP contribution in [0.1, 0.15) is 12.0 Å². The number of hydrogen-bond acceptors (Lipinski definition) is 3. The molecule has 1 aromatic heterocycles. The number of pyridine rings is 1. The van der Waals surface area contributed by atoms with Gasteiger partial charge in [-0.3, -0.25) is 4.98 Å². The molecule has 3 nitrogen and oxygen atoms in total. The Kier molecular flexibility index (Phi) is 4.26. The topological polar surface area (TPSA) is 39.2 Å². The molecule has 0 fully saturated rings. The van der Waals surface area contributed by atoms with Gasteiger partial charge in [-0.2, -0.15) is 0 Å². The highest BCUT2D eigenvalue weighted by Crippen LogP contribution is 2.01. The summed E-state index contributed by atoms with van der Waals surface area (Å²) < 4.78 is 4.57. The number of hydrogen-bond donors (Lipinski definition) is 0. The van der Waals surface area contributed by atoms with Gasteiger partial charge in [0.25, 0.3) is 0 Å². The van der Waals surface area contributed by atoms with Crippen LogP contribution in [-0.4, -0.2) is 17.0 Å². The molecule has 4 heteroatoms. The van der Waals surface area contributed by atoms with Crippen LogP contribution < -0.4 is 0 Å². The molecule has 1 rings (SSSR count). The summed E-state index contributed by atoms with van der Waals surface area (Å²) in [4.78, 5) is 14.1. The van der Waals surface area contributed by atoms with Gasteiger partial charge in [0.1, 0.15) is 0 Å². The van der Waals surface area contributed by atoms with Crippen molar-refractivity contribution in [2.75, 3.05) is 6.61 Å². The average molecular weight is 200 g/mol. The second-order valence-corrected chi connectivity index (χ2v) is 2.85. The lowest BCUT2D eigenvalue weighted by Crippen LogP contribution is -1.98. The smallest absolute Gasteiger partial charge is 0.403 e. The molecule has 1 heterocycles. The van der Waals surface area contributed by atoms with E-state index in [1.54, 1.807) is 12.4 Å². The first kappa shape index (κ1) is 9.99. The molecule has 0 aliphatic rings. The summed E-state index contributed by atoms with van der Waals surface area (Å²) in [5.74, 6) is 0. The monoisotopic (exact) mass is 199 g/mol. The van der Waals surface area contributed by atoms with Crippen LogP contribution in [0.15, 0.2) is 24.5 Å². The number of aromatic nitrogens is 1. The fraction of sp³-hybridized carbons (Fsp3) is 0.333. The van der Waals surface area contributed by atoms with E-state index < -0.39 is 5.43 Å². The summed E-state index contributed by atoms with van der Waals surface area (Å²) in [6, 6.07) is 3.87. The lowest BCUT2D eigenvalue weighted by Gasteiger charge is -2.00. The molecule has 0 radical (unpaired) electrons. The second-order valence-electron chi connectivity index (χ2n) is 2.55. The van der Waals surface area contributed by atoms with E-state index >= 15 is 0 Å². The van der Waals surface area contributed by atoms with Gasteiger partial charge in [-0.15, -0.1) is 0 Å². The van der Waals surface area contributed by atoms with Crippen molar-refractivity contribution in [3.05, 3.63) is 30.1 Å². The fourth-order valence-electron chi connectivity index (χ4n) is 0.978. The molecular weight excluding hydrogens is 190 g/mol. The van der Waals surface area contributed by atoms with Crippen LogP contribution in [0.3, 0.4) is 0 Å². The fourth-order valence-corrected chi connectivity index (χ4v) is 1.06. The van der Waals surface area contributed by atoms with Crippen molar-refractivity contribution in [2.45, 2.75) is 12.8 Å². The Hall–Kier alpha value is -1.09. The van der Waals surface area contributed by atoms with Crippen molar-refractivity contribution < 1.29 is 9.53 Å². The number of nitrogens with zero attached hydrogens (tertiary/aromatic N) is 1. The van der Waals surface area contributed by atoms with Crippen molar-refractivity contribution in [1.29, 1.82) is 0 Å². The number of rotatable bonds is 4. The molecule has 13 heavy (non-hydrogen) atoms. The standard InChI is InChI=1S/C9H10ClNO2/c10-9(12)13-7-1-2-8-3-5-11-6-4-8/h3-6H,1-2,7H2. The Morgan fingerprint density at radius 2 is 2.15 bits per heavy atom. The van der Waals surface area contributed by atoms with Crippen LogP contribution in [0, 0.1) is 0 Å². The van der Waals surface area contributed by atoms with Crippen LogP contribution in [0.2, 0.25) is 0 Å². The third-order valence-electron chi connectivity index (χ3n) is 1.57. The predicted molar refractivity (Wildman–Crippen MR) is 49.8 cm³/mol. The normalized spacial score (nSPS) is 9.62. The van der Waals surface area contributed by atoms with Gasteiger partial charge in [0.05, 0.1) is 6.61 Å². The molecule has 0 saturated carbocycles. The molecular formula is C9H10ClNO2. The van der Waals surface area contributed by atoms with Crippen LogP contribution in [0.25, 0.3) is 0 Å². The highest BCUT2D eigenvalue weighted by atomic mass is 35.5. The molecule has 0 N–H and O–H groups in total. The Morgan fingerprint density at radius 1 is 1.46 bits per heavy atom. The van der Waals surface area contributed by atoms with Gasteiger partial charge in [0, 0.05) is 24.0 Å². The third kappa shape index (κ3) is 4.48. The Morgan fingerprint density at radius 3 is 2.77 bits per heavy atom. The van der Waals surface area contributed by atoms with Crippen LogP contribution in [0.4, 0.5) is 4.79 Å². The van der Waals surface area contributed by atoms with Crippen molar-refractivity contribution in [3.8, 4) is 0 Å². The van der Waals surface area contributed by atoms with Gasteiger partial charge >= 0.3 is 5.43 Å². The number of halogens is 1. The Bertz CT molecular complexity index is 264. The summed E-state index contributed by atoms with van der Waals surface area (Å²) in [5, 5.41) is 0. The number of ether oxygens (including phenoxy) is 1. The summed E-state index contributed by atoms with van der Waals surface area (Å²) in [6.45, 7) is 0.366. The van der Waals surface area contributed by atoms with Gasteiger partial charge in [-0.05, 0) is 30.5 Å². The summed E-state index contributed by atoms with van der Waals surface area (Å²) in [5.41, 5.74) is 0.440. The molecule has 1 aromatic rings. The lowest BCUT2D eigenvalue weighted by atomic mass is 10.1. The van der Waals surface area contributed by atoms with Crippen molar-refractivity contribution in [3.63, 3.8) is 0 Å². The molecule has 0 aromatic carbocycles. The minimum atomic E-state index is -0.741. The van der Waals surface area contributed by atoms with Gasteiger partial charge in [0.2, 0.25) is 0 Å².